The Morgan fingerprint density at radius 3 is 2.37 bits per heavy atom. The molecule has 4 rings (SSSR count). The normalized spacial score (nSPS) is 14.2. The molecular weight excluding hydrogens is 491 g/mol. The standard InChI is InChI=1S/C23H19ClF3N3O5/c1-34-15-4-2-13-10-16(21(32)35-19(13)12-15)20(31)29-6-8-30(9-7-29)22(33)28-14-3-5-18(24)17(11-14)23(25,26)27/h2-5,10-12H,6-9H2,1H3,(H,28,33). The highest BCUT2D eigenvalue weighted by Gasteiger charge is 2.34. The number of piperazine rings is 1. The molecule has 0 spiro atoms. The second-order valence-electron chi connectivity index (χ2n) is 7.75. The van der Waals surface area contributed by atoms with E-state index in [1.807, 2.05) is 0 Å². The third kappa shape index (κ3) is 5.19. The van der Waals surface area contributed by atoms with Gasteiger partial charge in [0, 0.05) is 43.3 Å². The number of hydrogen-bond acceptors (Lipinski definition) is 5. The number of rotatable bonds is 3. The molecule has 8 nitrogen and oxygen atoms in total. The van der Waals surface area contributed by atoms with Crippen molar-refractivity contribution in [1.29, 1.82) is 0 Å². The van der Waals surface area contributed by atoms with Gasteiger partial charge in [-0.3, -0.25) is 4.79 Å². The SMILES string of the molecule is COc1ccc2cc(C(=O)N3CCN(C(=O)Nc4ccc(Cl)c(C(F)(F)F)c4)CC3)c(=O)oc2c1. The number of methoxy groups -OCH3 is 1. The van der Waals surface area contributed by atoms with Crippen molar-refractivity contribution in [2.75, 3.05) is 38.6 Å². The smallest absolute Gasteiger partial charge is 0.417 e. The van der Waals surface area contributed by atoms with Crippen LogP contribution in [0.25, 0.3) is 11.0 Å². The number of nitrogens with one attached hydrogen (secondary N) is 1. The van der Waals surface area contributed by atoms with Crippen LogP contribution in [0.3, 0.4) is 0 Å². The lowest BCUT2D eigenvalue weighted by Gasteiger charge is -2.34. The lowest BCUT2D eigenvalue weighted by atomic mass is 10.1. The minimum absolute atomic E-state index is 0.0596. The van der Waals surface area contributed by atoms with Gasteiger partial charge in [-0.05, 0) is 36.4 Å². The molecule has 1 fully saturated rings. The number of fused-ring (bicyclic) bond motifs is 1. The lowest BCUT2D eigenvalue weighted by molar-refractivity contribution is -0.137. The van der Waals surface area contributed by atoms with E-state index in [4.69, 9.17) is 20.8 Å². The summed E-state index contributed by atoms with van der Waals surface area (Å²) >= 11 is 5.60. The molecule has 0 radical (unpaired) electrons. The van der Waals surface area contributed by atoms with Crippen LogP contribution in [0, 0.1) is 0 Å². The van der Waals surface area contributed by atoms with Crippen LogP contribution >= 0.6 is 11.6 Å². The molecule has 1 N–H and O–H groups in total. The zero-order valence-electron chi connectivity index (χ0n) is 18.3. The third-order valence-electron chi connectivity index (χ3n) is 5.55. The number of halogens is 4. The minimum atomic E-state index is -4.66. The van der Waals surface area contributed by atoms with E-state index < -0.39 is 34.3 Å². The van der Waals surface area contributed by atoms with Gasteiger partial charge in [0.25, 0.3) is 5.91 Å². The van der Waals surface area contributed by atoms with Crippen LogP contribution in [0.5, 0.6) is 5.75 Å². The van der Waals surface area contributed by atoms with Gasteiger partial charge in [-0.2, -0.15) is 13.2 Å². The number of carbonyl (C=O) groups is 2. The number of benzene rings is 2. The van der Waals surface area contributed by atoms with E-state index >= 15 is 0 Å². The van der Waals surface area contributed by atoms with Crippen LogP contribution in [0.4, 0.5) is 23.7 Å². The Balaban J connectivity index is 1.41. The summed E-state index contributed by atoms with van der Waals surface area (Å²) in [6, 6.07) is 8.79. The van der Waals surface area contributed by atoms with E-state index in [-0.39, 0.29) is 43.0 Å². The summed E-state index contributed by atoms with van der Waals surface area (Å²) in [7, 11) is 1.48. The predicted octanol–water partition coefficient (Wildman–Crippen LogP) is 4.46. The van der Waals surface area contributed by atoms with Crippen molar-refractivity contribution in [3.05, 3.63) is 69.0 Å². The first-order valence-corrected chi connectivity index (χ1v) is 10.8. The molecule has 3 amide bonds. The molecule has 0 saturated carbocycles. The van der Waals surface area contributed by atoms with Gasteiger partial charge in [-0.15, -0.1) is 0 Å². The number of amides is 3. The van der Waals surface area contributed by atoms with Crippen LogP contribution < -0.4 is 15.7 Å². The maximum absolute atomic E-state index is 13.0. The molecule has 1 aliphatic heterocycles. The number of urea groups is 1. The van der Waals surface area contributed by atoms with Gasteiger partial charge in [-0.1, -0.05) is 11.6 Å². The molecule has 0 unspecified atom stereocenters. The predicted molar refractivity (Wildman–Crippen MR) is 122 cm³/mol. The number of nitrogens with zero attached hydrogens (tertiary/aromatic N) is 2. The number of carbonyl (C=O) groups excluding carboxylic acids is 2. The van der Waals surface area contributed by atoms with Gasteiger partial charge in [0.1, 0.15) is 16.9 Å². The van der Waals surface area contributed by atoms with E-state index in [1.54, 1.807) is 18.2 Å². The summed E-state index contributed by atoms with van der Waals surface area (Å²) in [5, 5.41) is 2.49. The molecule has 2 heterocycles. The van der Waals surface area contributed by atoms with Gasteiger partial charge >= 0.3 is 17.8 Å². The van der Waals surface area contributed by atoms with Crippen molar-refractivity contribution in [3.63, 3.8) is 0 Å². The third-order valence-corrected chi connectivity index (χ3v) is 5.88. The summed E-state index contributed by atoms with van der Waals surface area (Å²) in [6.07, 6.45) is -4.66. The Kier molecular flexibility index (Phi) is 6.62. The molecule has 35 heavy (non-hydrogen) atoms. The van der Waals surface area contributed by atoms with Gasteiger partial charge in [0.2, 0.25) is 0 Å². The van der Waals surface area contributed by atoms with E-state index in [2.05, 4.69) is 5.32 Å². The summed E-state index contributed by atoms with van der Waals surface area (Å²) in [5.74, 6) is -0.0357. The quantitative estimate of drug-likeness (QED) is 0.526. The maximum atomic E-state index is 13.0. The fraction of sp³-hybridized carbons (Fsp3) is 0.261. The van der Waals surface area contributed by atoms with E-state index in [9.17, 15) is 27.6 Å². The Morgan fingerprint density at radius 2 is 1.71 bits per heavy atom. The summed E-state index contributed by atoms with van der Waals surface area (Å²) in [5.41, 5.74) is -1.76. The Labute approximate surface area is 201 Å². The highest BCUT2D eigenvalue weighted by Crippen LogP contribution is 2.36. The largest absolute Gasteiger partial charge is 0.497 e. The second-order valence-corrected chi connectivity index (χ2v) is 8.16. The first kappa shape index (κ1) is 24.4. The highest BCUT2D eigenvalue weighted by molar-refractivity contribution is 6.31. The molecule has 1 saturated heterocycles. The summed E-state index contributed by atoms with van der Waals surface area (Å²) in [6.45, 7) is 0.488. The van der Waals surface area contributed by atoms with Gasteiger partial charge < -0.3 is 24.3 Å². The van der Waals surface area contributed by atoms with Gasteiger partial charge in [0.05, 0.1) is 17.7 Å². The minimum Gasteiger partial charge on any atom is -0.497 e. The Morgan fingerprint density at radius 1 is 1.03 bits per heavy atom. The average molecular weight is 510 g/mol. The molecule has 184 valence electrons. The molecule has 0 aliphatic carbocycles. The molecule has 1 aromatic heterocycles. The molecule has 0 bridgehead atoms. The Bertz CT molecular complexity index is 1350. The molecule has 1 aliphatic rings. The zero-order chi connectivity index (χ0) is 25.3. The molecule has 12 heteroatoms. The highest BCUT2D eigenvalue weighted by atomic mass is 35.5. The van der Waals surface area contributed by atoms with Crippen molar-refractivity contribution in [3.8, 4) is 5.75 Å². The van der Waals surface area contributed by atoms with Crippen LogP contribution in [0.2, 0.25) is 5.02 Å². The van der Waals surface area contributed by atoms with Crippen molar-refractivity contribution in [2.45, 2.75) is 6.18 Å². The number of anilines is 1. The fourth-order valence-electron chi connectivity index (χ4n) is 3.67. The lowest BCUT2D eigenvalue weighted by Crippen LogP contribution is -2.52. The number of hydrogen-bond donors (Lipinski definition) is 1. The van der Waals surface area contributed by atoms with Crippen molar-refractivity contribution < 1.29 is 31.9 Å². The fourth-order valence-corrected chi connectivity index (χ4v) is 3.90. The van der Waals surface area contributed by atoms with E-state index in [1.165, 1.54) is 29.0 Å². The zero-order valence-corrected chi connectivity index (χ0v) is 19.1. The Hall–Kier alpha value is -3.73. The van der Waals surface area contributed by atoms with Crippen LogP contribution in [0.1, 0.15) is 15.9 Å². The first-order valence-electron chi connectivity index (χ1n) is 10.4. The first-order chi connectivity index (χ1) is 16.6. The van der Waals surface area contributed by atoms with Crippen LogP contribution in [-0.4, -0.2) is 55.0 Å². The van der Waals surface area contributed by atoms with Crippen LogP contribution in [0.15, 0.2) is 51.7 Å². The van der Waals surface area contributed by atoms with Crippen LogP contribution in [-0.2, 0) is 6.18 Å². The number of alkyl halides is 3. The number of ether oxygens (including phenoxy) is 1. The maximum Gasteiger partial charge on any atom is 0.417 e. The van der Waals surface area contributed by atoms with E-state index in [0.29, 0.717) is 11.1 Å². The van der Waals surface area contributed by atoms with Gasteiger partial charge in [-0.25, -0.2) is 9.59 Å². The van der Waals surface area contributed by atoms with Crippen molar-refractivity contribution in [2.24, 2.45) is 0 Å². The molecule has 0 atom stereocenters. The monoisotopic (exact) mass is 509 g/mol. The van der Waals surface area contributed by atoms with Crippen molar-refractivity contribution in [1.82, 2.24) is 9.80 Å². The van der Waals surface area contributed by atoms with E-state index in [0.717, 1.165) is 12.1 Å². The van der Waals surface area contributed by atoms with Gasteiger partial charge in [0.15, 0.2) is 0 Å². The van der Waals surface area contributed by atoms with Crippen molar-refractivity contribution >= 4 is 40.2 Å². The average Bonchev–Trinajstić information content (AvgIpc) is 2.83. The molecule has 3 aromatic rings. The summed E-state index contributed by atoms with van der Waals surface area (Å²) < 4.78 is 49.5. The molecule has 2 aromatic carbocycles. The second kappa shape index (κ2) is 9.49. The topological polar surface area (TPSA) is 92.1 Å². The summed E-state index contributed by atoms with van der Waals surface area (Å²) in [4.78, 5) is 40.6. The molecular formula is C23H19ClF3N3O5.